The van der Waals surface area contributed by atoms with E-state index in [0.717, 1.165) is 29.0 Å². The van der Waals surface area contributed by atoms with Crippen LogP contribution in [0.5, 0.6) is 5.75 Å². The van der Waals surface area contributed by atoms with Crippen LogP contribution in [0.4, 0.5) is 18.9 Å². The topological polar surface area (TPSA) is 38.3 Å². The third kappa shape index (κ3) is 4.44. The molecule has 3 nitrogen and oxygen atoms in total. The molecule has 2 aromatic rings. The molecule has 0 unspecified atom stereocenters. The zero-order valence-corrected chi connectivity index (χ0v) is 14.0. The molecule has 2 aromatic carbocycles. The maximum Gasteiger partial charge on any atom is 0.234 e. The number of benzene rings is 2. The number of anilines is 1. The van der Waals surface area contributed by atoms with E-state index < -0.39 is 23.4 Å². The first-order valence-electron chi connectivity index (χ1n) is 7.07. The third-order valence-electron chi connectivity index (χ3n) is 3.24. The number of carbonyl (C=O) groups excluding carboxylic acids is 1. The summed E-state index contributed by atoms with van der Waals surface area (Å²) in [6.07, 6.45) is 0. The number of amides is 1. The van der Waals surface area contributed by atoms with Crippen molar-refractivity contribution in [2.45, 2.75) is 12.7 Å². The van der Waals surface area contributed by atoms with Crippen LogP contribution in [0.25, 0.3) is 0 Å². The number of carbonyl (C=O) groups is 1. The molecule has 128 valence electrons. The molecule has 0 atom stereocenters. The molecule has 0 aliphatic carbocycles. The summed E-state index contributed by atoms with van der Waals surface area (Å²) in [6, 6.07) is 7.48. The van der Waals surface area contributed by atoms with Gasteiger partial charge in [0.15, 0.2) is 17.5 Å². The van der Waals surface area contributed by atoms with Gasteiger partial charge in [-0.3, -0.25) is 4.79 Å². The largest absolute Gasteiger partial charge is 0.496 e. The molecule has 0 spiro atoms. The Bertz CT molecular complexity index is 753. The average molecular weight is 355 g/mol. The lowest BCUT2D eigenvalue weighted by Crippen LogP contribution is -2.16. The van der Waals surface area contributed by atoms with Gasteiger partial charge in [-0.05, 0) is 25.1 Å². The van der Waals surface area contributed by atoms with Gasteiger partial charge in [0.25, 0.3) is 0 Å². The van der Waals surface area contributed by atoms with Gasteiger partial charge >= 0.3 is 0 Å². The summed E-state index contributed by atoms with van der Waals surface area (Å²) >= 11 is 1.30. The zero-order chi connectivity index (χ0) is 17.7. The summed E-state index contributed by atoms with van der Waals surface area (Å²) in [5.41, 5.74) is 1.63. The van der Waals surface area contributed by atoms with E-state index in [1.165, 1.54) is 11.8 Å². The summed E-state index contributed by atoms with van der Waals surface area (Å²) in [7, 11) is 1.57. The monoisotopic (exact) mass is 355 g/mol. The highest BCUT2D eigenvalue weighted by Gasteiger charge is 2.15. The minimum absolute atomic E-state index is 0.0372. The summed E-state index contributed by atoms with van der Waals surface area (Å²) in [5, 5.41) is 2.23. The molecule has 2 rings (SSSR count). The normalized spacial score (nSPS) is 10.5. The summed E-state index contributed by atoms with van der Waals surface area (Å²) in [5.74, 6) is -3.53. The van der Waals surface area contributed by atoms with E-state index in [2.05, 4.69) is 5.32 Å². The Labute approximate surface area is 142 Å². The van der Waals surface area contributed by atoms with Crippen molar-refractivity contribution in [1.29, 1.82) is 0 Å². The van der Waals surface area contributed by atoms with Crippen molar-refractivity contribution in [1.82, 2.24) is 0 Å². The lowest BCUT2D eigenvalue weighted by Gasteiger charge is -2.10. The van der Waals surface area contributed by atoms with Crippen LogP contribution in [0.3, 0.4) is 0 Å². The molecule has 0 radical (unpaired) electrons. The van der Waals surface area contributed by atoms with E-state index in [-0.39, 0.29) is 11.4 Å². The van der Waals surface area contributed by atoms with Crippen molar-refractivity contribution in [2.24, 2.45) is 0 Å². The number of ether oxygens (including phenoxy) is 1. The Morgan fingerprint density at radius 1 is 1.17 bits per heavy atom. The smallest absolute Gasteiger partial charge is 0.234 e. The second kappa shape index (κ2) is 8.10. The lowest BCUT2D eigenvalue weighted by atomic mass is 10.1. The van der Waals surface area contributed by atoms with E-state index in [1.54, 1.807) is 7.11 Å². The van der Waals surface area contributed by atoms with Gasteiger partial charge in [0.1, 0.15) is 5.75 Å². The molecule has 0 saturated carbocycles. The van der Waals surface area contributed by atoms with Crippen molar-refractivity contribution in [2.75, 3.05) is 18.2 Å². The van der Waals surface area contributed by atoms with E-state index in [1.807, 2.05) is 25.1 Å². The van der Waals surface area contributed by atoms with Crippen LogP contribution in [-0.4, -0.2) is 18.8 Å². The average Bonchev–Trinajstić information content (AvgIpc) is 2.56. The van der Waals surface area contributed by atoms with Crippen molar-refractivity contribution in [3.63, 3.8) is 0 Å². The molecule has 0 aliphatic rings. The van der Waals surface area contributed by atoms with Crippen LogP contribution >= 0.6 is 11.8 Å². The predicted molar refractivity (Wildman–Crippen MR) is 88.8 cm³/mol. The molecule has 0 fully saturated rings. The SMILES string of the molecule is COc1ccc(C)cc1CSCC(=O)Nc1ccc(F)c(F)c1F. The molecular weight excluding hydrogens is 339 g/mol. The molecule has 0 bridgehead atoms. The van der Waals surface area contributed by atoms with Crippen LogP contribution < -0.4 is 10.1 Å². The van der Waals surface area contributed by atoms with Crippen LogP contribution in [0, 0.1) is 24.4 Å². The van der Waals surface area contributed by atoms with Crippen LogP contribution in [0.2, 0.25) is 0 Å². The lowest BCUT2D eigenvalue weighted by molar-refractivity contribution is -0.113. The Morgan fingerprint density at radius 2 is 1.92 bits per heavy atom. The number of hydrogen-bond donors (Lipinski definition) is 1. The molecule has 0 aromatic heterocycles. The highest BCUT2D eigenvalue weighted by Crippen LogP contribution is 2.25. The first-order valence-corrected chi connectivity index (χ1v) is 8.22. The Balaban J connectivity index is 1.93. The maximum absolute atomic E-state index is 13.5. The Hall–Kier alpha value is -2.15. The fourth-order valence-electron chi connectivity index (χ4n) is 2.08. The minimum atomic E-state index is -1.61. The van der Waals surface area contributed by atoms with E-state index in [9.17, 15) is 18.0 Å². The minimum Gasteiger partial charge on any atom is -0.496 e. The number of hydrogen-bond acceptors (Lipinski definition) is 3. The Morgan fingerprint density at radius 3 is 2.62 bits per heavy atom. The van der Waals surface area contributed by atoms with Gasteiger partial charge in [-0.1, -0.05) is 17.7 Å². The number of rotatable bonds is 6. The van der Waals surface area contributed by atoms with Crippen LogP contribution in [0.15, 0.2) is 30.3 Å². The molecule has 0 aliphatic heterocycles. The van der Waals surface area contributed by atoms with Gasteiger partial charge < -0.3 is 10.1 Å². The second-order valence-electron chi connectivity index (χ2n) is 5.08. The van der Waals surface area contributed by atoms with Crippen molar-refractivity contribution < 1.29 is 22.7 Å². The van der Waals surface area contributed by atoms with E-state index in [0.29, 0.717) is 5.75 Å². The highest BCUT2D eigenvalue weighted by atomic mass is 32.2. The second-order valence-corrected chi connectivity index (χ2v) is 6.06. The first kappa shape index (κ1) is 18.2. The van der Waals surface area contributed by atoms with Gasteiger partial charge in [-0.2, -0.15) is 0 Å². The molecule has 24 heavy (non-hydrogen) atoms. The van der Waals surface area contributed by atoms with Gasteiger partial charge in [0, 0.05) is 11.3 Å². The Kier molecular flexibility index (Phi) is 6.14. The molecule has 0 heterocycles. The number of nitrogens with one attached hydrogen (secondary N) is 1. The fourth-order valence-corrected chi connectivity index (χ4v) is 2.89. The zero-order valence-electron chi connectivity index (χ0n) is 13.2. The molecule has 1 N–H and O–H groups in total. The summed E-state index contributed by atoms with van der Waals surface area (Å²) in [4.78, 5) is 11.8. The fraction of sp³-hybridized carbons (Fsp3) is 0.235. The van der Waals surface area contributed by atoms with Crippen molar-refractivity contribution in [3.8, 4) is 5.75 Å². The van der Waals surface area contributed by atoms with Crippen LogP contribution in [0.1, 0.15) is 11.1 Å². The molecule has 0 saturated heterocycles. The maximum atomic E-state index is 13.5. The van der Waals surface area contributed by atoms with Crippen molar-refractivity contribution >= 4 is 23.4 Å². The molecule has 7 heteroatoms. The third-order valence-corrected chi connectivity index (χ3v) is 4.22. The quantitative estimate of drug-likeness (QED) is 0.786. The van der Waals surface area contributed by atoms with Crippen LogP contribution in [-0.2, 0) is 10.5 Å². The summed E-state index contributed by atoms with van der Waals surface area (Å²) < 4.78 is 44.7. The van der Waals surface area contributed by atoms with E-state index in [4.69, 9.17) is 4.74 Å². The standard InChI is InChI=1S/C17H16F3NO2S/c1-10-3-6-14(23-2)11(7-10)8-24-9-15(22)21-13-5-4-12(18)16(19)17(13)20/h3-7H,8-9H2,1-2H3,(H,21,22). The van der Waals surface area contributed by atoms with Crippen molar-refractivity contribution in [3.05, 3.63) is 58.9 Å². The van der Waals surface area contributed by atoms with E-state index >= 15 is 0 Å². The summed E-state index contributed by atoms with van der Waals surface area (Å²) in [6.45, 7) is 1.95. The molecular formula is C17H16F3NO2S. The number of aryl methyl sites for hydroxylation is 1. The van der Waals surface area contributed by atoms with Gasteiger partial charge in [0.2, 0.25) is 5.91 Å². The van der Waals surface area contributed by atoms with Gasteiger partial charge in [-0.25, -0.2) is 13.2 Å². The highest BCUT2D eigenvalue weighted by molar-refractivity contribution is 7.99. The first-order chi connectivity index (χ1) is 11.4. The van der Waals surface area contributed by atoms with Gasteiger partial charge in [0.05, 0.1) is 18.6 Å². The molecule has 1 amide bonds. The number of methoxy groups -OCH3 is 1. The van der Waals surface area contributed by atoms with Gasteiger partial charge in [-0.15, -0.1) is 11.8 Å². The number of thioether (sulfide) groups is 1. The number of halogens is 3. The predicted octanol–water partition coefficient (Wildman–Crippen LogP) is 4.29.